The van der Waals surface area contributed by atoms with E-state index in [-0.39, 0.29) is 17.2 Å². The van der Waals surface area contributed by atoms with Gasteiger partial charge < -0.3 is 68.5 Å². The van der Waals surface area contributed by atoms with Crippen LogP contribution in [0.1, 0.15) is 30.5 Å². The maximum atomic E-state index is 13.4. The minimum Gasteiger partial charge on any atom is -0.508 e. The van der Waals surface area contributed by atoms with Crippen LogP contribution in [0.4, 0.5) is 0 Å². The van der Waals surface area contributed by atoms with E-state index in [4.69, 9.17) is 37.9 Å². The average molecular weight is 865 g/mol. The highest BCUT2D eigenvalue weighted by Gasteiger charge is 2.63. The van der Waals surface area contributed by atoms with Crippen LogP contribution in [-0.2, 0) is 61.9 Å². The van der Waals surface area contributed by atoms with E-state index in [0.717, 1.165) is 32.1 Å². The van der Waals surface area contributed by atoms with Gasteiger partial charge in [0.05, 0.1) is 6.61 Å². The van der Waals surface area contributed by atoms with Crippen LogP contribution in [0.25, 0.3) is 18.2 Å². The monoisotopic (exact) mass is 864 g/mol. The van der Waals surface area contributed by atoms with Crippen molar-refractivity contribution in [2.45, 2.75) is 68.7 Å². The Hall–Kier alpha value is -6.61. The molecule has 3 aromatic carbocycles. The maximum Gasteiger partial charge on any atom is 0.331 e. The van der Waals surface area contributed by atoms with Gasteiger partial charge in [0.2, 0.25) is 12.1 Å². The zero-order valence-corrected chi connectivity index (χ0v) is 33.1. The highest BCUT2D eigenvalue weighted by atomic mass is 16.8. The Bertz CT molecular complexity index is 2110. The van der Waals surface area contributed by atoms with E-state index in [1.165, 1.54) is 91.0 Å². The summed E-state index contributed by atoms with van der Waals surface area (Å²) in [5, 5.41) is 62.3. The van der Waals surface area contributed by atoms with Crippen molar-refractivity contribution in [3.05, 3.63) is 108 Å². The molecule has 2 fully saturated rings. The average Bonchev–Trinajstić information content (AvgIpc) is 3.49. The van der Waals surface area contributed by atoms with Gasteiger partial charge in [0.1, 0.15) is 54.9 Å². The number of hydrogen-bond donors (Lipinski definition) is 6. The molecule has 3 aromatic rings. The summed E-state index contributed by atoms with van der Waals surface area (Å²) in [6.07, 6.45) is -7.82. The number of ether oxygens (including phenoxy) is 8. The number of aliphatic hydroxyl groups excluding tert-OH is 3. The van der Waals surface area contributed by atoms with Gasteiger partial charge >= 0.3 is 29.8 Å². The molecular formula is C43H44O19. The predicted molar refractivity (Wildman–Crippen MR) is 211 cm³/mol. The highest BCUT2D eigenvalue weighted by Crippen LogP contribution is 2.40. The second-order valence-electron chi connectivity index (χ2n) is 13.8. The number of rotatable bonds is 16. The van der Waals surface area contributed by atoms with Gasteiger partial charge in [-0.3, -0.25) is 9.59 Å². The number of aliphatic hydroxyl groups is 3. The molecule has 0 amide bonds. The lowest BCUT2D eigenvalue weighted by atomic mass is 9.98. The summed E-state index contributed by atoms with van der Waals surface area (Å²) in [7, 11) is 0. The second kappa shape index (κ2) is 21.3. The zero-order chi connectivity index (χ0) is 45.0. The minimum absolute atomic E-state index is 0.00110. The van der Waals surface area contributed by atoms with Gasteiger partial charge in [-0.25, -0.2) is 14.4 Å². The Morgan fingerprint density at radius 2 is 1.10 bits per heavy atom. The van der Waals surface area contributed by atoms with E-state index in [1.54, 1.807) is 0 Å². The molecule has 19 heteroatoms. The van der Waals surface area contributed by atoms with Crippen molar-refractivity contribution in [2.24, 2.45) is 0 Å². The molecule has 0 bridgehead atoms. The van der Waals surface area contributed by atoms with Gasteiger partial charge in [0.25, 0.3) is 0 Å². The van der Waals surface area contributed by atoms with Gasteiger partial charge in [-0.1, -0.05) is 36.4 Å². The molecule has 19 nitrogen and oxygen atoms in total. The van der Waals surface area contributed by atoms with E-state index in [1.807, 2.05) is 0 Å². The molecule has 0 saturated carbocycles. The SMILES string of the molecule is CC(=O)OC[C@@]1(O[C@H]2O[C@H](CO)[C@@H](OC(C)=O)[C@H](O)[C@H]2OC(=O)C=Cc2ccc(O)cc2)O[C@H](COC(=O)C=Cc2ccc(O)cc2)[C@@H](O)[C@@H]1OC(=O)C=Cc1ccc(O)cc1. The number of carbonyl (C=O) groups is 5. The minimum atomic E-state index is -2.63. The summed E-state index contributed by atoms with van der Waals surface area (Å²) in [6.45, 7) is -0.604. The van der Waals surface area contributed by atoms with Crippen molar-refractivity contribution >= 4 is 48.1 Å². The first kappa shape index (κ1) is 46.5. The van der Waals surface area contributed by atoms with Crippen LogP contribution in [-0.4, -0.2) is 135 Å². The van der Waals surface area contributed by atoms with Gasteiger partial charge in [-0.15, -0.1) is 0 Å². The fourth-order valence-corrected chi connectivity index (χ4v) is 6.18. The van der Waals surface area contributed by atoms with Crippen LogP contribution in [0, 0.1) is 0 Å². The third-order valence-corrected chi connectivity index (χ3v) is 9.17. The molecule has 0 spiro atoms. The van der Waals surface area contributed by atoms with Crippen LogP contribution in [0.5, 0.6) is 17.2 Å². The summed E-state index contributed by atoms with van der Waals surface area (Å²) < 4.78 is 45.2. The Balaban J connectivity index is 1.49. The zero-order valence-electron chi connectivity index (χ0n) is 33.1. The molecule has 0 unspecified atom stereocenters. The lowest BCUT2D eigenvalue weighted by molar-refractivity contribution is -0.383. The van der Waals surface area contributed by atoms with Gasteiger partial charge in [-0.05, 0) is 71.3 Å². The highest BCUT2D eigenvalue weighted by molar-refractivity contribution is 5.88. The molecule has 0 radical (unpaired) electrons. The Labute approximate surface area is 353 Å². The molecule has 5 rings (SSSR count). The molecule has 6 N–H and O–H groups in total. The van der Waals surface area contributed by atoms with Crippen LogP contribution >= 0.6 is 0 Å². The van der Waals surface area contributed by atoms with Crippen LogP contribution in [0.15, 0.2) is 91.0 Å². The molecular weight excluding hydrogens is 820 g/mol. The van der Waals surface area contributed by atoms with Crippen molar-refractivity contribution in [2.75, 3.05) is 19.8 Å². The number of hydrogen-bond acceptors (Lipinski definition) is 19. The fourth-order valence-electron chi connectivity index (χ4n) is 6.18. The van der Waals surface area contributed by atoms with Gasteiger partial charge in [-0.2, -0.15) is 0 Å². The lowest BCUT2D eigenvalue weighted by Gasteiger charge is -2.45. The van der Waals surface area contributed by atoms with Gasteiger partial charge in [0, 0.05) is 32.1 Å². The first-order valence-electron chi connectivity index (χ1n) is 18.8. The molecule has 2 aliphatic rings. The second-order valence-corrected chi connectivity index (χ2v) is 13.8. The summed E-state index contributed by atoms with van der Waals surface area (Å²) >= 11 is 0. The molecule has 0 aromatic heterocycles. The van der Waals surface area contributed by atoms with Crippen molar-refractivity contribution in [1.82, 2.24) is 0 Å². The Morgan fingerprint density at radius 1 is 0.613 bits per heavy atom. The third kappa shape index (κ3) is 12.7. The van der Waals surface area contributed by atoms with E-state index >= 15 is 0 Å². The fraction of sp³-hybridized carbons (Fsp3) is 0.326. The van der Waals surface area contributed by atoms with E-state index in [2.05, 4.69) is 0 Å². The van der Waals surface area contributed by atoms with Crippen molar-refractivity contribution in [1.29, 1.82) is 0 Å². The summed E-state index contributed by atoms with van der Waals surface area (Å²) in [5.74, 6) is -7.70. The molecule has 2 heterocycles. The quantitative estimate of drug-likeness (QED) is 0.0678. The number of aromatic hydroxyl groups is 3. The molecule has 330 valence electrons. The molecule has 9 atom stereocenters. The number of phenolic OH excluding ortho intramolecular Hbond substituents is 3. The molecule has 62 heavy (non-hydrogen) atoms. The number of benzene rings is 3. The number of carbonyl (C=O) groups excluding carboxylic acids is 5. The largest absolute Gasteiger partial charge is 0.508 e. The van der Waals surface area contributed by atoms with Crippen LogP contribution in [0.2, 0.25) is 0 Å². The Morgan fingerprint density at radius 3 is 1.56 bits per heavy atom. The lowest BCUT2D eigenvalue weighted by Crippen LogP contribution is -2.64. The van der Waals surface area contributed by atoms with Crippen molar-refractivity contribution in [3.8, 4) is 17.2 Å². The third-order valence-electron chi connectivity index (χ3n) is 9.17. The van der Waals surface area contributed by atoms with Crippen molar-refractivity contribution in [3.63, 3.8) is 0 Å². The standard InChI is InChI=1S/C43H44O19/c1-24(45)56-23-43(62-42-40(38(54)39(57-25(2)46)32(21-44)58-42)59-35(51)19-10-27-5-14-30(48)15-6-27)41(60-36(52)20-11-28-7-16-31(49)17-8-28)37(53)33(61-43)22-55-34(50)18-9-26-3-12-29(47)13-4-26/h3-20,32-33,37-42,44,47-49,53-54H,21-23H2,1-2H3/t32-,33-,37-,38+,39-,40-,41+,42-,43+/m1/s1. The summed E-state index contributed by atoms with van der Waals surface area (Å²) in [5.41, 5.74) is 1.42. The smallest absolute Gasteiger partial charge is 0.331 e. The van der Waals surface area contributed by atoms with Gasteiger partial charge in [0.15, 0.2) is 18.3 Å². The molecule has 2 saturated heterocycles. The maximum absolute atomic E-state index is 13.4. The molecule has 0 aliphatic carbocycles. The summed E-state index contributed by atoms with van der Waals surface area (Å²) in [6, 6.07) is 17.2. The summed E-state index contributed by atoms with van der Waals surface area (Å²) in [4.78, 5) is 63.7. The number of esters is 5. The number of phenols is 3. The van der Waals surface area contributed by atoms with Crippen LogP contribution < -0.4 is 0 Å². The van der Waals surface area contributed by atoms with E-state index in [0.29, 0.717) is 16.7 Å². The molecule has 2 aliphatic heterocycles. The normalized spacial score (nSPS) is 26.0. The van der Waals surface area contributed by atoms with E-state index < -0.39 is 104 Å². The Kier molecular flexibility index (Phi) is 15.9. The first-order valence-corrected chi connectivity index (χ1v) is 18.8. The topological polar surface area (TPSA) is 281 Å². The first-order chi connectivity index (χ1) is 29.5. The predicted octanol–water partition coefficient (Wildman–Crippen LogP) is 1.66. The van der Waals surface area contributed by atoms with Crippen molar-refractivity contribution < 1.29 is 92.5 Å². The van der Waals surface area contributed by atoms with Crippen LogP contribution in [0.3, 0.4) is 0 Å². The van der Waals surface area contributed by atoms with E-state index in [9.17, 15) is 54.6 Å².